The Balaban J connectivity index is 1.43. The number of likely N-dealkylation sites (tertiary alicyclic amines) is 1. The predicted molar refractivity (Wildman–Crippen MR) is 116 cm³/mol. The van der Waals surface area contributed by atoms with Crippen LogP contribution in [0.25, 0.3) is 16.2 Å². The van der Waals surface area contributed by atoms with E-state index < -0.39 is 0 Å². The molecule has 4 nitrogen and oxygen atoms in total. The lowest BCUT2D eigenvalue weighted by molar-refractivity contribution is -0.128. The third-order valence-corrected chi connectivity index (χ3v) is 6.34. The standard InChI is InChI=1S/C22H19ClN2O2S/c23-22-17-7-1-2-8-18(17)28-19(22)10-11-20(26)24-16-6-3-5-15(13-16)14-25-12-4-9-21(25)27/h1-3,5-8,10-11,13H,4,9,12,14H2,(H,24,26). The molecule has 142 valence electrons. The smallest absolute Gasteiger partial charge is 0.248 e. The fourth-order valence-corrected chi connectivity index (χ4v) is 4.71. The minimum atomic E-state index is -0.220. The summed E-state index contributed by atoms with van der Waals surface area (Å²) in [5, 5.41) is 4.54. The minimum absolute atomic E-state index is 0.192. The average Bonchev–Trinajstić information content (AvgIpc) is 3.24. The summed E-state index contributed by atoms with van der Waals surface area (Å²) < 4.78 is 1.09. The summed E-state index contributed by atoms with van der Waals surface area (Å²) in [6.45, 7) is 1.38. The first-order chi connectivity index (χ1) is 13.6. The Hall–Kier alpha value is -2.63. The number of hydrogen-bond donors (Lipinski definition) is 1. The van der Waals surface area contributed by atoms with Crippen LogP contribution in [0.4, 0.5) is 5.69 Å². The fourth-order valence-electron chi connectivity index (χ4n) is 3.31. The molecule has 3 aromatic rings. The SMILES string of the molecule is O=C(C=Cc1sc2ccccc2c1Cl)Nc1cccc(CN2CCCC2=O)c1. The van der Waals surface area contributed by atoms with Gasteiger partial charge in [-0.05, 0) is 36.3 Å². The van der Waals surface area contributed by atoms with Crippen LogP contribution in [0.2, 0.25) is 5.02 Å². The Bertz CT molecular complexity index is 1070. The van der Waals surface area contributed by atoms with E-state index in [1.807, 2.05) is 53.4 Å². The summed E-state index contributed by atoms with van der Waals surface area (Å²) in [7, 11) is 0. The van der Waals surface area contributed by atoms with E-state index in [4.69, 9.17) is 11.6 Å². The molecule has 0 spiro atoms. The van der Waals surface area contributed by atoms with Gasteiger partial charge in [0.2, 0.25) is 11.8 Å². The molecule has 28 heavy (non-hydrogen) atoms. The van der Waals surface area contributed by atoms with Crippen molar-refractivity contribution >= 4 is 56.6 Å². The molecule has 0 bridgehead atoms. The second kappa shape index (κ2) is 8.17. The molecule has 1 aliphatic rings. The molecular weight excluding hydrogens is 392 g/mol. The van der Waals surface area contributed by atoms with Crippen molar-refractivity contribution in [3.05, 3.63) is 70.1 Å². The Morgan fingerprint density at radius 1 is 1.21 bits per heavy atom. The molecule has 1 saturated heterocycles. The van der Waals surface area contributed by atoms with Crippen molar-refractivity contribution in [3.63, 3.8) is 0 Å². The third-order valence-electron chi connectivity index (χ3n) is 4.69. The van der Waals surface area contributed by atoms with E-state index in [1.54, 1.807) is 17.4 Å². The molecular formula is C22H19ClN2O2S. The highest BCUT2D eigenvalue weighted by Gasteiger charge is 2.20. The lowest BCUT2D eigenvalue weighted by atomic mass is 10.2. The lowest BCUT2D eigenvalue weighted by Crippen LogP contribution is -2.23. The number of carbonyl (C=O) groups excluding carboxylic acids is 2. The van der Waals surface area contributed by atoms with Crippen LogP contribution < -0.4 is 5.32 Å². The quantitative estimate of drug-likeness (QED) is 0.578. The highest BCUT2D eigenvalue weighted by atomic mass is 35.5. The van der Waals surface area contributed by atoms with Gasteiger partial charge in [0.1, 0.15) is 0 Å². The molecule has 2 amide bonds. The van der Waals surface area contributed by atoms with Gasteiger partial charge in [0.25, 0.3) is 0 Å². The zero-order chi connectivity index (χ0) is 19.5. The molecule has 0 saturated carbocycles. The van der Waals surface area contributed by atoms with Gasteiger partial charge in [-0.2, -0.15) is 0 Å². The average molecular weight is 411 g/mol. The molecule has 6 heteroatoms. The number of halogens is 1. The predicted octanol–water partition coefficient (Wildman–Crippen LogP) is 5.33. The molecule has 1 N–H and O–H groups in total. The summed E-state index contributed by atoms with van der Waals surface area (Å²) in [4.78, 5) is 26.8. The van der Waals surface area contributed by atoms with Crippen LogP contribution in [-0.4, -0.2) is 23.3 Å². The van der Waals surface area contributed by atoms with E-state index in [2.05, 4.69) is 5.32 Å². The van der Waals surface area contributed by atoms with Crippen molar-refractivity contribution in [2.75, 3.05) is 11.9 Å². The second-order valence-corrected chi connectivity index (χ2v) is 8.18. The highest BCUT2D eigenvalue weighted by molar-refractivity contribution is 7.20. The molecule has 0 aliphatic carbocycles. The van der Waals surface area contributed by atoms with E-state index in [-0.39, 0.29) is 11.8 Å². The van der Waals surface area contributed by atoms with Gasteiger partial charge in [-0.15, -0.1) is 11.3 Å². The monoisotopic (exact) mass is 410 g/mol. The largest absolute Gasteiger partial charge is 0.338 e. The molecule has 0 radical (unpaired) electrons. The minimum Gasteiger partial charge on any atom is -0.338 e. The van der Waals surface area contributed by atoms with Gasteiger partial charge in [-0.3, -0.25) is 9.59 Å². The first-order valence-electron chi connectivity index (χ1n) is 9.13. The molecule has 0 unspecified atom stereocenters. The number of anilines is 1. The molecule has 1 fully saturated rings. The van der Waals surface area contributed by atoms with Crippen LogP contribution >= 0.6 is 22.9 Å². The number of nitrogens with zero attached hydrogens (tertiary/aromatic N) is 1. The molecule has 0 atom stereocenters. The first-order valence-corrected chi connectivity index (χ1v) is 10.3. The summed E-state index contributed by atoms with van der Waals surface area (Å²) in [6, 6.07) is 15.5. The van der Waals surface area contributed by atoms with Gasteiger partial charge < -0.3 is 10.2 Å². The molecule has 2 heterocycles. The van der Waals surface area contributed by atoms with Crippen LogP contribution in [0.3, 0.4) is 0 Å². The second-order valence-electron chi connectivity index (χ2n) is 6.72. The Morgan fingerprint density at radius 2 is 2.07 bits per heavy atom. The van der Waals surface area contributed by atoms with Crippen LogP contribution in [0.1, 0.15) is 23.3 Å². The van der Waals surface area contributed by atoms with Gasteiger partial charge >= 0.3 is 0 Å². The van der Waals surface area contributed by atoms with Crippen LogP contribution in [0, 0.1) is 0 Å². The van der Waals surface area contributed by atoms with Crippen molar-refractivity contribution in [2.45, 2.75) is 19.4 Å². The Kier molecular flexibility index (Phi) is 5.46. The van der Waals surface area contributed by atoms with Crippen molar-refractivity contribution in [2.24, 2.45) is 0 Å². The zero-order valence-electron chi connectivity index (χ0n) is 15.2. The molecule has 1 aromatic heterocycles. The van der Waals surface area contributed by atoms with Gasteiger partial charge in [-0.25, -0.2) is 0 Å². The van der Waals surface area contributed by atoms with Crippen molar-refractivity contribution in [3.8, 4) is 0 Å². The number of fused-ring (bicyclic) bond motifs is 1. The van der Waals surface area contributed by atoms with E-state index >= 15 is 0 Å². The van der Waals surface area contributed by atoms with Crippen molar-refractivity contribution in [1.29, 1.82) is 0 Å². The molecule has 2 aromatic carbocycles. The maximum absolute atomic E-state index is 12.3. The number of nitrogens with one attached hydrogen (secondary N) is 1. The first kappa shape index (κ1) is 18.7. The van der Waals surface area contributed by atoms with Gasteiger partial charge in [0, 0.05) is 46.2 Å². The van der Waals surface area contributed by atoms with Crippen LogP contribution in [0.15, 0.2) is 54.6 Å². The fraction of sp³-hybridized carbons (Fsp3) is 0.182. The highest BCUT2D eigenvalue weighted by Crippen LogP contribution is 2.35. The number of rotatable bonds is 5. The maximum Gasteiger partial charge on any atom is 0.248 e. The number of amides is 2. The third kappa shape index (κ3) is 4.11. The van der Waals surface area contributed by atoms with Gasteiger partial charge in [0.15, 0.2) is 0 Å². The van der Waals surface area contributed by atoms with Crippen LogP contribution in [-0.2, 0) is 16.1 Å². The number of thiophene rings is 1. The van der Waals surface area contributed by atoms with Gasteiger partial charge in [0.05, 0.1) is 5.02 Å². The molecule has 4 rings (SSSR count). The topological polar surface area (TPSA) is 49.4 Å². The van der Waals surface area contributed by atoms with E-state index in [1.165, 1.54) is 6.08 Å². The maximum atomic E-state index is 12.3. The Labute approximate surface area is 172 Å². The number of carbonyl (C=O) groups is 2. The number of hydrogen-bond acceptors (Lipinski definition) is 3. The van der Waals surface area contributed by atoms with E-state index in [0.29, 0.717) is 23.7 Å². The zero-order valence-corrected chi connectivity index (χ0v) is 16.7. The summed E-state index contributed by atoms with van der Waals surface area (Å²) in [5.41, 5.74) is 1.71. The van der Waals surface area contributed by atoms with E-state index in [0.717, 1.165) is 33.5 Å². The van der Waals surface area contributed by atoms with Crippen molar-refractivity contribution in [1.82, 2.24) is 4.90 Å². The van der Waals surface area contributed by atoms with Crippen LogP contribution in [0.5, 0.6) is 0 Å². The van der Waals surface area contributed by atoms with E-state index in [9.17, 15) is 9.59 Å². The van der Waals surface area contributed by atoms with Gasteiger partial charge in [-0.1, -0.05) is 41.9 Å². The summed E-state index contributed by atoms with van der Waals surface area (Å²) in [5.74, 6) is -0.0273. The van der Waals surface area contributed by atoms with Crippen molar-refractivity contribution < 1.29 is 9.59 Å². The summed E-state index contributed by atoms with van der Waals surface area (Å²) in [6.07, 6.45) is 4.78. The Morgan fingerprint density at radius 3 is 2.86 bits per heavy atom. The summed E-state index contributed by atoms with van der Waals surface area (Å²) >= 11 is 7.97. The molecule has 1 aliphatic heterocycles. The number of benzene rings is 2. The lowest BCUT2D eigenvalue weighted by Gasteiger charge is -2.16. The normalized spacial score (nSPS) is 14.3.